The van der Waals surface area contributed by atoms with Crippen molar-refractivity contribution in [2.45, 2.75) is 6.92 Å². The van der Waals surface area contributed by atoms with E-state index in [1.54, 1.807) is 19.2 Å². The van der Waals surface area contributed by atoms with Gasteiger partial charge in [-0.05, 0) is 13.0 Å². The number of hydrogen-bond donors (Lipinski definition) is 0. The molecule has 0 N–H and O–H groups in total. The van der Waals surface area contributed by atoms with Gasteiger partial charge in [0.25, 0.3) is 0 Å². The van der Waals surface area contributed by atoms with Gasteiger partial charge in [-0.1, -0.05) is 11.6 Å². The summed E-state index contributed by atoms with van der Waals surface area (Å²) < 4.78 is 6.40. The van der Waals surface area contributed by atoms with Crippen molar-refractivity contribution < 1.29 is 9.53 Å². The van der Waals surface area contributed by atoms with Crippen molar-refractivity contribution in [2.24, 2.45) is 0 Å². The zero-order valence-corrected chi connectivity index (χ0v) is 9.56. The summed E-state index contributed by atoms with van der Waals surface area (Å²) in [6.45, 7) is 2.13. The Balaban J connectivity index is 2.55. The third-order valence-corrected chi connectivity index (χ3v) is 3.20. The highest BCUT2D eigenvalue weighted by molar-refractivity contribution is 7.23. The first-order valence-corrected chi connectivity index (χ1v) is 5.62. The first-order valence-electron chi connectivity index (χ1n) is 4.42. The molecule has 3 nitrogen and oxygen atoms in total. The van der Waals surface area contributed by atoms with E-state index in [0.717, 1.165) is 10.1 Å². The first kappa shape index (κ1) is 10.4. The number of nitrogens with zero attached hydrogens (tertiary/aromatic N) is 1. The van der Waals surface area contributed by atoms with Gasteiger partial charge < -0.3 is 4.74 Å². The standard InChI is InChI=1S/C10H8ClNO2S/c1-2-14-10(13)7-5-12-4-6-3-8(11)15-9(6)7/h3-5H,2H2,1H3. The van der Waals surface area contributed by atoms with E-state index in [9.17, 15) is 4.79 Å². The fourth-order valence-electron chi connectivity index (χ4n) is 1.29. The number of ether oxygens (including phenoxy) is 1. The van der Waals surface area contributed by atoms with Gasteiger partial charge in [0.2, 0.25) is 0 Å². The molecule has 15 heavy (non-hydrogen) atoms. The largest absolute Gasteiger partial charge is 0.462 e. The summed E-state index contributed by atoms with van der Waals surface area (Å²) in [5, 5.41) is 0.871. The summed E-state index contributed by atoms with van der Waals surface area (Å²) >= 11 is 7.23. The van der Waals surface area contributed by atoms with Crippen LogP contribution in [-0.2, 0) is 4.74 Å². The van der Waals surface area contributed by atoms with Crippen LogP contribution < -0.4 is 0 Å². The average molecular weight is 242 g/mol. The van der Waals surface area contributed by atoms with Crippen molar-refractivity contribution in [3.63, 3.8) is 0 Å². The summed E-state index contributed by atoms with van der Waals surface area (Å²) in [4.78, 5) is 15.5. The van der Waals surface area contributed by atoms with Crippen molar-refractivity contribution in [3.8, 4) is 0 Å². The van der Waals surface area contributed by atoms with E-state index in [-0.39, 0.29) is 5.97 Å². The third-order valence-electron chi connectivity index (χ3n) is 1.89. The molecule has 2 heterocycles. The topological polar surface area (TPSA) is 39.2 Å². The van der Waals surface area contributed by atoms with Crippen LogP contribution in [0, 0.1) is 0 Å². The molecule has 0 amide bonds. The van der Waals surface area contributed by atoms with Gasteiger partial charge >= 0.3 is 5.97 Å². The number of carbonyl (C=O) groups excluding carboxylic acids is 1. The number of fused-ring (bicyclic) bond motifs is 1. The van der Waals surface area contributed by atoms with Crippen molar-refractivity contribution in [1.29, 1.82) is 0 Å². The fraction of sp³-hybridized carbons (Fsp3) is 0.200. The average Bonchev–Trinajstić information content (AvgIpc) is 2.57. The number of halogens is 1. The lowest BCUT2D eigenvalue weighted by Gasteiger charge is -2.01. The van der Waals surface area contributed by atoms with Crippen LogP contribution in [0.15, 0.2) is 18.5 Å². The molecule has 2 rings (SSSR count). The molecule has 0 saturated heterocycles. The molecule has 0 atom stereocenters. The second-order valence-corrected chi connectivity index (χ2v) is 4.56. The van der Waals surface area contributed by atoms with Gasteiger partial charge in [0.1, 0.15) is 0 Å². The molecular formula is C10H8ClNO2S. The molecule has 0 aliphatic carbocycles. The lowest BCUT2D eigenvalue weighted by Crippen LogP contribution is -2.04. The highest BCUT2D eigenvalue weighted by Crippen LogP contribution is 2.31. The maximum atomic E-state index is 11.6. The number of pyridine rings is 1. The quantitative estimate of drug-likeness (QED) is 0.759. The Labute approximate surface area is 95.6 Å². The monoisotopic (exact) mass is 241 g/mol. The van der Waals surface area contributed by atoms with Gasteiger partial charge in [-0.25, -0.2) is 4.79 Å². The molecule has 0 aliphatic rings. The zero-order chi connectivity index (χ0) is 10.8. The lowest BCUT2D eigenvalue weighted by molar-refractivity contribution is 0.0528. The van der Waals surface area contributed by atoms with E-state index in [4.69, 9.17) is 16.3 Å². The maximum Gasteiger partial charge on any atom is 0.341 e. The molecule has 2 aromatic heterocycles. The minimum Gasteiger partial charge on any atom is -0.462 e. The summed E-state index contributed by atoms with van der Waals surface area (Å²) in [5.41, 5.74) is 0.478. The van der Waals surface area contributed by atoms with Crippen molar-refractivity contribution >= 4 is 39.0 Å². The second-order valence-electron chi connectivity index (χ2n) is 2.88. The van der Waals surface area contributed by atoms with Gasteiger partial charge in [0.15, 0.2) is 0 Å². The molecule has 0 spiro atoms. The number of carbonyl (C=O) groups is 1. The predicted molar refractivity (Wildman–Crippen MR) is 60.6 cm³/mol. The molecule has 0 unspecified atom stereocenters. The molecule has 2 aromatic rings. The zero-order valence-electron chi connectivity index (χ0n) is 7.99. The number of hydrogen-bond acceptors (Lipinski definition) is 4. The molecule has 0 aromatic carbocycles. The number of thiophene rings is 1. The summed E-state index contributed by atoms with van der Waals surface area (Å²) in [7, 11) is 0. The summed E-state index contributed by atoms with van der Waals surface area (Å²) in [6.07, 6.45) is 3.19. The van der Waals surface area contributed by atoms with Gasteiger partial charge in [-0.15, -0.1) is 11.3 Å². The predicted octanol–water partition coefficient (Wildman–Crippen LogP) is 3.13. The number of rotatable bonds is 2. The van der Waals surface area contributed by atoms with Gasteiger partial charge in [0, 0.05) is 17.8 Å². The van der Waals surface area contributed by atoms with E-state index in [0.29, 0.717) is 16.5 Å². The molecular weight excluding hydrogens is 234 g/mol. The molecule has 0 fully saturated rings. The fourth-order valence-corrected chi connectivity index (χ4v) is 2.49. The van der Waals surface area contributed by atoms with Gasteiger partial charge in [-0.2, -0.15) is 0 Å². The van der Waals surface area contributed by atoms with Gasteiger partial charge in [0.05, 0.1) is 21.2 Å². The van der Waals surface area contributed by atoms with E-state index < -0.39 is 0 Å². The molecule has 0 saturated carbocycles. The highest BCUT2D eigenvalue weighted by atomic mass is 35.5. The van der Waals surface area contributed by atoms with Crippen LogP contribution in [0.1, 0.15) is 17.3 Å². The Kier molecular flexibility index (Phi) is 2.88. The Morgan fingerprint density at radius 3 is 3.13 bits per heavy atom. The minimum atomic E-state index is -0.353. The Morgan fingerprint density at radius 1 is 1.60 bits per heavy atom. The molecule has 0 aliphatic heterocycles. The van der Waals surface area contributed by atoms with E-state index in [1.807, 2.05) is 0 Å². The summed E-state index contributed by atoms with van der Waals surface area (Å²) in [5.74, 6) is -0.353. The Hall–Kier alpha value is -1.13. The summed E-state index contributed by atoms with van der Waals surface area (Å²) in [6, 6.07) is 1.79. The molecule has 78 valence electrons. The van der Waals surface area contributed by atoms with Crippen LogP contribution in [0.3, 0.4) is 0 Å². The van der Waals surface area contributed by atoms with Crippen LogP contribution in [0.4, 0.5) is 0 Å². The molecule has 5 heteroatoms. The number of esters is 1. The van der Waals surface area contributed by atoms with Crippen molar-refractivity contribution in [2.75, 3.05) is 6.61 Å². The van der Waals surface area contributed by atoms with Crippen molar-refractivity contribution in [3.05, 3.63) is 28.4 Å². The smallest absolute Gasteiger partial charge is 0.341 e. The molecule has 0 radical (unpaired) electrons. The Bertz CT molecular complexity index is 509. The van der Waals surface area contributed by atoms with Crippen molar-refractivity contribution in [1.82, 2.24) is 4.98 Å². The van der Waals surface area contributed by atoms with Crippen LogP contribution in [-0.4, -0.2) is 17.6 Å². The van der Waals surface area contributed by atoms with E-state index >= 15 is 0 Å². The Morgan fingerprint density at radius 2 is 2.40 bits per heavy atom. The van der Waals surface area contributed by atoms with Crippen LogP contribution in [0.25, 0.3) is 10.1 Å². The third kappa shape index (κ3) is 1.96. The SMILES string of the molecule is CCOC(=O)c1cncc2cc(Cl)sc12. The van der Waals surface area contributed by atoms with E-state index in [2.05, 4.69) is 4.98 Å². The van der Waals surface area contributed by atoms with Crippen LogP contribution >= 0.6 is 22.9 Å². The van der Waals surface area contributed by atoms with E-state index in [1.165, 1.54) is 17.5 Å². The lowest BCUT2D eigenvalue weighted by atomic mass is 10.2. The number of aromatic nitrogens is 1. The maximum absolute atomic E-state index is 11.6. The minimum absolute atomic E-state index is 0.353. The highest BCUT2D eigenvalue weighted by Gasteiger charge is 2.13. The van der Waals surface area contributed by atoms with Crippen LogP contribution in [0.5, 0.6) is 0 Å². The van der Waals surface area contributed by atoms with Crippen LogP contribution in [0.2, 0.25) is 4.34 Å². The first-order chi connectivity index (χ1) is 7.22. The second kappa shape index (κ2) is 4.16. The van der Waals surface area contributed by atoms with Gasteiger partial charge in [-0.3, -0.25) is 4.98 Å². The molecule has 0 bridgehead atoms. The normalized spacial score (nSPS) is 10.5.